The van der Waals surface area contributed by atoms with E-state index >= 15 is 0 Å². The molecule has 11 heteroatoms. The molecular weight excluding hydrogens is 368 g/mol. The third-order valence-electron chi connectivity index (χ3n) is 3.03. The summed E-state index contributed by atoms with van der Waals surface area (Å²) in [5, 5.41) is 2.41. The molecule has 0 aliphatic carbocycles. The Morgan fingerprint density at radius 1 is 0.962 bits per heavy atom. The molecule has 0 radical (unpaired) electrons. The molecule has 10 nitrogen and oxygen atoms in total. The number of nitrogens with one attached hydrogen (secondary N) is 1. The van der Waals surface area contributed by atoms with Crippen LogP contribution in [0.1, 0.15) is 19.8 Å². The summed E-state index contributed by atoms with van der Waals surface area (Å²) in [7, 11) is -4.28. The van der Waals surface area contributed by atoms with Gasteiger partial charge < -0.3 is 30.0 Å². The van der Waals surface area contributed by atoms with Crippen molar-refractivity contribution in [3.8, 4) is 0 Å². The Labute approximate surface area is 155 Å². The fraction of sp³-hybridized carbons (Fsp3) is 0.933. The second-order valence-corrected chi connectivity index (χ2v) is 6.95. The smallest absolute Gasteiger partial charge is 0.266 e. The largest absolute Gasteiger partial charge is 0.379 e. The summed E-state index contributed by atoms with van der Waals surface area (Å²) < 4.78 is 51.0. The number of hydrogen-bond donors (Lipinski definition) is 3. The van der Waals surface area contributed by atoms with E-state index in [1.54, 1.807) is 0 Å². The highest BCUT2D eigenvalue weighted by Crippen LogP contribution is 1.89. The lowest BCUT2D eigenvalue weighted by Crippen LogP contribution is -2.45. The maximum absolute atomic E-state index is 11.4. The van der Waals surface area contributed by atoms with Gasteiger partial charge in [0.05, 0.1) is 52.0 Å². The standard InChI is InChI=1S/C15H32N2O8S/c1-2-3-5-22-7-9-24-11-12-25-10-8-23-6-4-17-15(18)14(16)13-26(19,20)21/h14H,2-13,16H2,1H3,(H,17,18)(H,19,20,21). The van der Waals surface area contributed by atoms with Gasteiger partial charge in [-0.05, 0) is 6.42 Å². The van der Waals surface area contributed by atoms with E-state index in [-0.39, 0.29) is 13.2 Å². The Hall–Kier alpha value is -0.820. The van der Waals surface area contributed by atoms with Crippen LogP contribution in [0.15, 0.2) is 0 Å². The Bertz CT molecular complexity index is 447. The number of nitrogens with two attached hydrogens (primary N) is 1. The normalized spacial score (nSPS) is 12.9. The Morgan fingerprint density at radius 3 is 1.88 bits per heavy atom. The van der Waals surface area contributed by atoms with Crippen molar-refractivity contribution in [3.63, 3.8) is 0 Å². The van der Waals surface area contributed by atoms with E-state index in [9.17, 15) is 13.2 Å². The van der Waals surface area contributed by atoms with Gasteiger partial charge in [-0.1, -0.05) is 13.3 Å². The minimum atomic E-state index is -4.28. The van der Waals surface area contributed by atoms with Crippen LogP contribution in [-0.2, 0) is 33.9 Å². The van der Waals surface area contributed by atoms with Crippen molar-refractivity contribution >= 4 is 16.0 Å². The molecule has 0 fully saturated rings. The SMILES string of the molecule is CCCCOCCOCCOCCOCCNC(=O)C(N)CS(=O)(=O)O. The number of ether oxygens (including phenoxy) is 4. The molecule has 0 aromatic heterocycles. The summed E-state index contributed by atoms with van der Waals surface area (Å²) in [5.41, 5.74) is 5.33. The summed E-state index contributed by atoms with van der Waals surface area (Å²) in [6, 6.07) is -1.31. The Kier molecular flexibility index (Phi) is 15.8. The van der Waals surface area contributed by atoms with Crippen LogP contribution in [0.4, 0.5) is 0 Å². The summed E-state index contributed by atoms with van der Waals surface area (Å²) in [6.07, 6.45) is 2.18. The predicted molar refractivity (Wildman–Crippen MR) is 95.6 cm³/mol. The molecule has 1 unspecified atom stereocenters. The minimum absolute atomic E-state index is 0.180. The molecule has 0 rings (SSSR count). The van der Waals surface area contributed by atoms with Crippen LogP contribution < -0.4 is 11.1 Å². The number of hydrogen-bond acceptors (Lipinski definition) is 8. The molecule has 0 bridgehead atoms. The lowest BCUT2D eigenvalue weighted by atomic mass is 10.3. The summed E-state index contributed by atoms with van der Waals surface area (Å²) in [4.78, 5) is 11.4. The highest BCUT2D eigenvalue weighted by Gasteiger charge is 2.19. The topological polar surface area (TPSA) is 146 Å². The van der Waals surface area contributed by atoms with Crippen LogP contribution in [0.5, 0.6) is 0 Å². The first-order valence-electron chi connectivity index (χ1n) is 8.66. The van der Waals surface area contributed by atoms with Gasteiger partial charge in [0, 0.05) is 13.2 Å². The molecule has 26 heavy (non-hydrogen) atoms. The highest BCUT2D eigenvalue weighted by atomic mass is 32.2. The third kappa shape index (κ3) is 18.0. The van der Waals surface area contributed by atoms with Gasteiger partial charge in [0.2, 0.25) is 5.91 Å². The molecule has 0 saturated carbocycles. The summed E-state index contributed by atoms with van der Waals surface area (Å²) in [5.74, 6) is -1.49. The molecule has 0 aliphatic rings. The van der Waals surface area contributed by atoms with E-state index in [2.05, 4.69) is 12.2 Å². The molecule has 0 heterocycles. The van der Waals surface area contributed by atoms with Crippen molar-refractivity contribution in [2.75, 3.05) is 65.2 Å². The number of amides is 1. The molecule has 4 N–H and O–H groups in total. The van der Waals surface area contributed by atoms with Crippen LogP contribution in [0, 0.1) is 0 Å². The summed E-state index contributed by atoms with van der Waals surface area (Å²) >= 11 is 0. The molecule has 0 spiro atoms. The van der Waals surface area contributed by atoms with Crippen LogP contribution >= 0.6 is 0 Å². The zero-order valence-corrected chi connectivity index (χ0v) is 16.2. The van der Waals surface area contributed by atoms with Crippen molar-refractivity contribution in [1.82, 2.24) is 5.32 Å². The van der Waals surface area contributed by atoms with E-state index in [1.807, 2.05) is 0 Å². The van der Waals surface area contributed by atoms with E-state index in [1.165, 1.54) is 0 Å². The minimum Gasteiger partial charge on any atom is -0.379 e. The lowest BCUT2D eigenvalue weighted by molar-refractivity contribution is -0.122. The van der Waals surface area contributed by atoms with Gasteiger partial charge in [0.15, 0.2) is 0 Å². The summed E-state index contributed by atoms with van der Waals surface area (Å²) in [6.45, 7) is 6.11. The maximum atomic E-state index is 11.4. The van der Waals surface area contributed by atoms with Crippen molar-refractivity contribution in [2.45, 2.75) is 25.8 Å². The van der Waals surface area contributed by atoms with Crippen LogP contribution in [-0.4, -0.2) is 90.1 Å². The molecular formula is C15H32N2O8S. The van der Waals surface area contributed by atoms with Gasteiger partial charge in [-0.3, -0.25) is 9.35 Å². The first-order valence-corrected chi connectivity index (χ1v) is 10.3. The third-order valence-corrected chi connectivity index (χ3v) is 3.81. The molecule has 0 saturated heterocycles. The van der Waals surface area contributed by atoms with Crippen molar-refractivity contribution in [2.24, 2.45) is 5.73 Å². The van der Waals surface area contributed by atoms with Gasteiger partial charge in [0.25, 0.3) is 10.1 Å². The van der Waals surface area contributed by atoms with Gasteiger partial charge >= 0.3 is 0 Å². The first kappa shape index (κ1) is 25.2. The molecule has 0 aromatic rings. The number of rotatable bonds is 18. The molecule has 156 valence electrons. The predicted octanol–water partition coefficient (Wildman–Crippen LogP) is -0.816. The van der Waals surface area contributed by atoms with Gasteiger partial charge in [-0.25, -0.2) is 0 Å². The van der Waals surface area contributed by atoms with Crippen molar-refractivity contribution in [3.05, 3.63) is 0 Å². The van der Waals surface area contributed by atoms with E-state index in [4.69, 9.17) is 29.2 Å². The average molecular weight is 400 g/mol. The second kappa shape index (κ2) is 16.4. The molecule has 1 atom stereocenters. The van der Waals surface area contributed by atoms with Crippen LogP contribution in [0.3, 0.4) is 0 Å². The number of carbonyl (C=O) groups is 1. The lowest BCUT2D eigenvalue weighted by Gasteiger charge is -2.11. The highest BCUT2D eigenvalue weighted by molar-refractivity contribution is 7.85. The Morgan fingerprint density at radius 2 is 1.42 bits per heavy atom. The fourth-order valence-corrected chi connectivity index (χ4v) is 2.29. The van der Waals surface area contributed by atoms with Crippen molar-refractivity contribution in [1.29, 1.82) is 0 Å². The van der Waals surface area contributed by atoms with Crippen molar-refractivity contribution < 1.29 is 36.7 Å². The molecule has 0 aromatic carbocycles. The monoisotopic (exact) mass is 400 g/mol. The van der Waals surface area contributed by atoms with Crippen LogP contribution in [0.2, 0.25) is 0 Å². The molecule has 1 amide bonds. The average Bonchev–Trinajstić information content (AvgIpc) is 2.56. The van der Waals surface area contributed by atoms with Crippen LogP contribution in [0.25, 0.3) is 0 Å². The zero-order valence-electron chi connectivity index (χ0n) is 15.4. The number of carbonyl (C=O) groups excluding carboxylic acids is 1. The fourth-order valence-electron chi connectivity index (χ4n) is 1.69. The second-order valence-electron chi connectivity index (χ2n) is 5.45. The van der Waals surface area contributed by atoms with Gasteiger partial charge in [0.1, 0.15) is 6.04 Å². The zero-order chi connectivity index (χ0) is 19.7. The number of unbranched alkanes of at least 4 members (excludes halogenated alkanes) is 1. The van der Waals surface area contributed by atoms with E-state index in [0.29, 0.717) is 39.6 Å². The van der Waals surface area contributed by atoms with Gasteiger partial charge in [-0.15, -0.1) is 0 Å². The quantitative estimate of drug-likeness (QED) is 0.198. The maximum Gasteiger partial charge on any atom is 0.266 e. The molecule has 0 aliphatic heterocycles. The Balaban J connectivity index is 3.30. The van der Waals surface area contributed by atoms with Gasteiger partial charge in [-0.2, -0.15) is 8.42 Å². The first-order chi connectivity index (χ1) is 12.4. The van der Waals surface area contributed by atoms with E-state index in [0.717, 1.165) is 19.4 Å². The van der Waals surface area contributed by atoms with E-state index < -0.39 is 27.8 Å².